The van der Waals surface area contributed by atoms with E-state index in [1.165, 1.54) is 6.07 Å². The molecule has 2 N–H and O–H groups in total. The Bertz CT molecular complexity index is 394. The van der Waals surface area contributed by atoms with Crippen LogP contribution in [0.5, 0.6) is 11.5 Å². The van der Waals surface area contributed by atoms with Crippen LogP contribution in [-0.4, -0.2) is 18.8 Å². The molecule has 0 radical (unpaired) electrons. The van der Waals surface area contributed by atoms with E-state index < -0.39 is 18.2 Å². The number of hydrogen-bond donors (Lipinski definition) is 1. The van der Waals surface area contributed by atoms with Gasteiger partial charge in [0.25, 0.3) is 0 Å². The zero-order valence-electron chi connectivity index (χ0n) is 8.91. The van der Waals surface area contributed by atoms with Crippen molar-refractivity contribution in [2.45, 2.75) is 31.6 Å². The molecular weight excluding hydrogens is 235 g/mol. The van der Waals surface area contributed by atoms with Gasteiger partial charge in [-0.15, -0.1) is 0 Å². The van der Waals surface area contributed by atoms with Gasteiger partial charge in [0.2, 0.25) is 0 Å². The number of alkyl halides is 2. The van der Waals surface area contributed by atoms with Gasteiger partial charge in [0.05, 0.1) is 0 Å². The fraction of sp³-hybridized carbons (Fsp3) is 0.455. The van der Waals surface area contributed by atoms with Gasteiger partial charge < -0.3 is 15.2 Å². The second-order valence-corrected chi connectivity index (χ2v) is 3.94. The van der Waals surface area contributed by atoms with Gasteiger partial charge in [-0.3, -0.25) is 0 Å². The van der Waals surface area contributed by atoms with Crippen LogP contribution in [0.3, 0.4) is 0 Å². The van der Waals surface area contributed by atoms with Crippen LogP contribution >= 0.6 is 0 Å². The molecule has 0 aliphatic heterocycles. The molecule has 0 spiro atoms. The molecule has 1 aliphatic carbocycles. The first kappa shape index (κ1) is 12.0. The lowest BCUT2D eigenvalue weighted by molar-refractivity contribution is -0.0522. The first-order chi connectivity index (χ1) is 8.04. The van der Waals surface area contributed by atoms with E-state index in [-0.39, 0.29) is 12.1 Å². The first-order valence-electron chi connectivity index (χ1n) is 5.21. The Morgan fingerprint density at radius 3 is 2.53 bits per heavy atom. The lowest BCUT2D eigenvalue weighted by Gasteiger charge is -2.32. The standard InChI is InChI=1S/C11H12F3NO2/c12-9-5-7(16-8-3-6(15)4-8)1-2-10(9)17-11(13)14/h1-2,5-6,8,11H,3-4,15H2/t6-,8-. The van der Waals surface area contributed by atoms with E-state index in [1.807, 2.05) is 0 Å². The summed E-state index contributed by atoms with van der Waals surface area (Å²) in [5.41, 5.74) is 5.57. The Morgan fingerprint density at radius 2 is 2.00 bits per heavy atom. The maximum atomic E-state index is 13.3. The van der Waals surface area contributed by atoms with Crippen molar-refractivity contribution in [3.05, 3.63) is 24.0 Å². The summed E-state index contributed by atoms with van der Waals surface area (Å²) in [5.74, 6) is -1.06. The van der Waals surface area contributed by atoms with E-state index in [9.17, 15) is 13.2 Å². The SMILES string of the molecule is N[C@H]1C[C@H](Oc2ccc(OC(F)F)c(F)c2)C1. The van der Waals surface area contributed by atoms with E-state index in [4.69, 9.17) is 10.5 Å². The number of benzene rings is 1. The van der Waals surface area contributed by atoms with Gasteiger partial charge in [0, 0.05) is 12.1 Å². The summed E-state index contributed by atoms with van der Waals surface area (Å²) in [5, 5.41) is 0. The quantitative estimate of drug-likeness (QED) is 0.887. The Kier molecular flexibility index (Phi) is 3.42. The lowest BCUT2D eigenvalue weighted by Crippen LogP contribution is -2.43. The fourth-order valence-corrected chi connectivity index (χ4v) is 1.64. The maximum absolute atomic E-state index is 13.3. The van der Waals surface area contributed by atoms with Crippen molar-refractivity contribution in [3.8, 4) is 11.5 Å². The molecule has 0 aromatic heterocycles. The zero-order valence-corrected chi connectivity index (χ0v) is 8.91. The van der Waals surface area contributed by atoms with Crippen LogP contribution in [0.2, 0.25) is 0 Å². The maximum Gasteiger partial charge on any atom is 0.387 e. The van der Waals surface area contributed by atoms with Crippen molar-refractivity contribution < 1.29 is 22.6 Å². The third-order valence-electron chi connectivity index (χ3n) is 2.55. The summed E-state index contributed by atoms with van der Waals surface area (Å²) in [4.78, 5) is 0. The van der Waals surface area contributed by atoms with Crippen molar-refractivity contribution >= 4 is 0 Å². The summed E-state index contributed by atoms with van der Waals surface area (Å²) in [6, 6.07) is 3.67. The number of ether oxygens (including phenoxy) is 2. The molecule has 1 aromatic rings. The Hall–Kier alpha value is -1.43. The molecule has 3 nitrogen and oxygen atoms in total. The highest BCUT2D eigenvalue weighted by atomic mass is 19.3. The summed E-state index contributed by atoms with van der Waals surface area (Å²) < 4.78 is 46.4. The van der Waals surface area contributed by atoms with Crippen LogP contribution in [0.15, 0.2) is 18.2 Å². The molecule has 1 aromatic carbocycles. The van der Waals surface area contributed by atoms with Gasteiger partial charge in [0.15, 0.2) is 11.6 Å². The third kappa shape index (κ3) is 3.03. The van der Waals surface area contributed by atoms with Gasteiger partial charge >= 0.3 is 6.61 Å². The van der Waals surface area contributed by atoms with Crippen LogP contribution in [0.4, 0.5) is 13.2 Å². The van der Waals surface area contributed by atoms with Crippen LogP contribution < -0.4 is 15.2 Å². The molecule has 0 bridgehead atoms. The van der Waals surface area contributed by atoms with Crippen molar-refractivity contribution in [3.63, 3.8) is 0 Å². The summed E-state index contributed by atoms with van der Waals surface area (Å²) in [6.45, 7) is -3.04. The number of halogens is 3. The van der Waals surface area contributed by atoms with Gasteiger partial charge in [-0.2, -0.15) is 8.78 Å². The van der Waals surface area contributed by atoms with E-state index in [1.54, 1.807) is 0 Å². The molecule has 1 fully saturated rings. The first-order valence-corrected chi connectivity index (χ1v) is 5.21. The summed E-state index contributed by atoms with van der Waals surface area (Å²) in [7, 11) is 0. The second-order valence-electron chi connectivity index (χ2n) is 3.94. The normalized spacial score (nSPS) is 23.4. The Morgan fingerprint density at radius 1 is 1.29 bits per heavy atom. The van der Waals surface area contributed by atoms with Gasteiger partial charge in [-0.25, -0.2) is 4.39 Å². The van der Waals surface area contributed by atoms with Crippen LogP contribution in [0.1, 0.15) is 12.8 Å². The molecular formula is C11H12F3NO2. The van der Waals surface area contributed by atoms with E-state index in [0.717, 1.165) is 25.0 Å². The molecule has 6 heteroatoms. The zero-order chi connectivity index (χ0) is 12.4. The molecule has 17 heavy (non-hydrogen) atoms. The minimum atomic E-state index is -3.04. The molecule has 94 valence electrons. The minimum absolute atomic E-state index is 0.0220. The molecule has 0 unspecified atom stereocenters. The number of nitrogens with two attached hydrogens (primary N) is 1. The fourth-order valence-electron chi connectivity index (χ4n) is 1.64. The lowest BCUT2D eigenvalue weighted by atomic mass is 9.90. The van der Waals surface area contributed by atoms with Crippen molar-refractivity contribution in [2.75, 3.05) is 0 Å². The summed E-state index contributed by atoms with van der Waals surface area (Å²) >= 11 is 0. The van der Waals surface area contributed by atoms with E-state index >= 15 is 0 Å². The van der Waals surface area contributed by atoms with Gasteiger partial charge in [-0.05, 0) is 25.0 Å². The Balaban J connectivity index is 1.98. The minimum Gasteiger partial charge on any atom is -0.490 e. The average Bonchev–Trinajstić information content (AvgIpc) is 2.19. The van der Waals surface area contributed by atoms with Gasteiger partial charge in [-0.1, -0.05) is 0 Å². The third-order valence-corrected chi connectivity index (χ3v) is 2.55. The number of rotatable bonds is 4. The molecule has 0 heterocycles. The predicted octanol–water partition coefficient (Wildman–Crippen LogP) is 2.30. The van der Waals surface area contributed by atoms with Gasteiger partial charge in [0.1, 0.15) is 11.9 Å². The Labute approximate surface area is 96.3 Å². The van der Waals surface area contributed by atoms with Crippen molar-refractivity contribution in [2.24, 2.45) is 5.73 Å². The molecule has 1 aliphatic rings. The predicted molar refractivity (Wildman–Crippen MR) is 54.7 cm³/mol. The van der Waals surface area contributed by atoms with E-state index in [2.05, 4.69) is 4.74 Å². The molecule has 2 rings (SSSR count). The smallest absolute Gasteiger partial charge is 0.387 e. The highest BCUT2D eigenvalue weighted by Crippen LogP contribution is 2.28. The monoisotopic (exact) mass is 247 g/mol. The highest BCUT2D eigenvalue weighted by Gasteiger charge is 2.27. The largest absolute Gasteiger partial charge is 0.490 e. The van der Waals surface area contributed by atoms with E-state index in [0.29, 0.717) is 5.75 Å². The topological polar surface area (TPSA) is 44.5 Å². The van der Waals surface area contributed by atoms with Crippen LogP contribution in [0.25, 0.3) is 0 Å². The van der Waals surface area contributed by atoms with Crippen LogP contribution in [-0.2, 0) is 0 Å². The van der Waals surface area contributed by atoms with Crippen LogP contribution in [0, 0.1) is 5.82 Å². The molecule has 0 atom stereocenters. The molecule has 0 saturated heterocycles. The number of hydrogen-bond acceptors (Lipinski definition) is 3. The second kappa shape index (κ2) is 4.83. The summed E-state index contributed by atoms with van der Waals surface area (Å²) in [6.07, 6.45) is 1.42. The van der Waals surface area contributed by atoms with Crippen molar-refractivity contribution in [1.82, 2.24) is 0 Å². The molecule has 0 amide bonds. The van der Waals surface area contributed by atoms with Crippen molar-refractivity contribution in [1.29, 1.82) is 0 Å². The highest BCUT2D eigenvalue weighted by molar-refractivity contribution is 5.33. The molecule has 1 saturated carbocycles. The average molecular weight is 247 g/mol.